The van der Waals surface area contributed by atoms with Crippen molar-refractivity contribution in [3.05, 3.63) is 41.7 Å². The Morgan fingerprint density at radius 2 is 2.11 bits per heavy atom. The number of para-hydroxylation sites is 1. The van der Waals surface area contributed by atoms with E-state index in [4.69, 9.17) is 5.73 Å². The fourth-order valence-electron chi connectivity index (χ4n) is 5.01. The van der Waals surface area contributed by atoms with Gasteiger partial charge in [0.25, 0.3) is 5.91 Å². The van der Waals surface area contributed by atoms with Gasteiger partial charge >= 0.3 is 0 Å². The van der Waals surface area contributed by atoms with E-state index in [1.165, 1.54) is 6.07 Å². The van der Waals surface area contributed by atoms with Gasteiger partial charge < -0.3 is 20.5 Å². The molecule has 0 aliphatic carbocycles. The molecule has 28 heavy (non-hydrogen) atoms. The average molecular weight is 380 g/mol. The number of H-pyrrole nitrogens is 1. The highest BCUT2D eigenvalue weighted by atomic mass is 19.1. The number of aromatic amines is 1. The van der Waals surface area contributed by atoms with Gasteiger partial charge in [-0.3, -0.25) is 9.59 Å². The smallest absolute Gasteiger partial charge is 0.250 e. The van der Waals surface area contributed by atoms with Crippen LogP contribution in [-0.4, -0.2) is 47.9 Å². The molecule has 1 aromatic heterocycles. The molecule has 2 amide bonds. The number of nitrogens with one attached hydrogen (secondary N) is 1. The van der Waals surface area contributed by atoms with E-state index in [1.807, 2.05) is 34.1 Å². The number of hydrogen-bond acceptors (Lipinski definition) is 3. The third-order valence-corrected chi connectivity index (χ3v) is 6.25. The minimum atomic E-state index is -0.663. The molecule has 0 saturated carbocycles. The molecule has 2 aliphatic rings. The van der Waals surface area contributed by atoms with Crippen molar-refractivity contribution in [1.82, 2.24) is 9.88 Å². The lowest BCUT2D eigenvalue weighted by atomic mass is 9.93. The molecular weight excluding hydrogens is 359 g/mol. The Morgan fingerprint density at radius 1 is 1.29 bits per heavy atom. The summed E-state index contributed by atoms with van der Waals surface area (Å²) in [4.78, 5) is 30.5. The number of carbonyl (C=O) groups excluding carboxylic acids is 2. The number of amides is 2. The quantitative estimate of drug-likeness (QED) is 0.685. The largest absolute Gasteiger partial charge is 0.366 e. The summed E-state index contributed by atoms with van der Waals surface area (Å²) in [7, 11) is 0. The molecule has 5 rings (SSSR count). The lowest BCUT2D eigenvalue weighted by Crippen LogP contribution is -2.44. The predicted molar refractivity (Wildman–Crippen MR) is 106 cm³/mol. The van der Waals surface area contributed by atoms with E-state index in [0.29, 0.717) is 35.6 Å². The van der Waals surface area contributed by atoms with Crippen molar-refractivity contribution in [3.8, 4) is 0 Å². The summed E-state index contributed by atoms with van der Waals surface area (Å²) in [5.74, 6) is -0.791. The molecule has 2 saturated heterocycles. The van der Waals surface area contributed by atoms with E-state index in [0.717, 1.165) is 36.7 Å². The maximum atomic E-state index is 15.3. The first-order chi connectivity index (χ1) is 13.6. The zero-order chi connectivity index (χ0) is 19.4. The van der Waals surface area contributed by atoms with E-state index < -0.39 is 11.7 Å². The number of likely N-dealkylation sites (tertiary alicyclic amines) is 1. The van der Waals surface area contributed by atoms with Gasteiger partial charge in [0.1, 0.15) is 5.82 Å². The minimum absolute atomic E-state index is 0.0988. The van der Waals surface area contributed by atoms with E-state index in [9.17, 15) is 9.59 Å². The summed E-state index contributed by atoms with van der Waals surface area (Å²) >= 11 is 0. The number of piperidine rings is 1. The van der Waals surface area contributed by atoms with Crippen LogP contribution in [0.1, 0.15) is 23.2 Å². The van der Waals surface area contributed by atoms with Crippen LogP contribution in [0.2, 0.25) is 0 Å². The Bertz CT molecular complexity index is 1110. The first-order valence-corrected chi connectivity index (χ1v) is 9.57. The van der Waals surface area contributed by atoms with Crippen LogP contribution in [0.5, 0.6) is 0 Å². The van der Waals surface area contributed by atoms with E-state index in [2.05, 4.69) is 4.98 Å². The molecule has 6 nitrogen and oxygen atoms in total. The zero-order valence-electron chi connectivity index (χ0n) is 15.3. The first kappa shape index (κ1) is 17.0. The summed E-state index contributed by atoms with van der Waals surface area (Å²) < 4.78 is 15.3. The monoisotopic (exact) mass is 380 g/mol. The molecule has 3 aromatic rings. The number of nitrogens with two attached hydrogens (primary N) is 1. The zero-order valence-corrected chi connectivity index (χ0v) is 15.3. The Morgan fingerprint density at radius 3 is 2.89 bits per heavy atom. The molecule has 2 atom stereocenters. The third-order valence-electron chi connectivity index (χ3n) is 6.25. The second kappa shape index (κ2) is 6.22. The average Bonchev–Trinajstić information content (AvgIpc) is 3.28. The minimum Gasteiger partial charge on any atom is -0.366 e. The Hall–Kier alpha value is -3.09. The number of halogens is 1. The second-order valence-electron chi connectivity index (χ2n) is 7.76. The number of rotatable bonds is 3. The molecule has 0 spiro atoms. The number of anilines is 1. The van der Waals surface area contributed by atoms with Gasteiger partial charge in [-0.15, -0.1) is 0 Å². The standard InChI is InChI=1S/C21H21FN4O2/c22-15-8-14(21(23)28)19-18(13-5-1-2-6-16(13)24-19)20(15)26-9-12-4-3-7-25(11-27)17(12)10-26/h1-2,5-6,8,11-12,17,24H,3-4,7,9-10H2,(H2,23,28). The van der Waals surface area contributed by atoms with Crippen molar-refractivity contribution in [1.29, 1.82) is 0 Å². The van der Waals surface area contributed by atoms with Gasteiger partial charge in [-0.05, 0) is 30.9 Å². The third kappa shape index (κ3) is 2.38. The summed E-state index contributed by atoms with van der Waals surface area (Å²) in [6.07, 6.45) is 2.91. The van der Waals surface area contributed by atoms with Crippen LogP contribution in [0, 0.1) is 11.7 Å². The normalized spacial score (nSPS) is 22.0. The Labute approximate surface area is 161 Å². The van der Waals surface area contributed by atoms with Crippen molar-refractivity contribution in [2.45, 2.75) is 18.9 Å². The molecule has 3 N–H and O–H groups in total. The topological polar surface area (TPSA) is 82.4 Å². The number of fused-ring (bicyclic) bond motifs is 4. The highest BCUT2D eigenvalue weighted by Gasteiger charge is 2.40. The number of hydrogen-bond donors (Lipinski definition) is 2. The van der Waals surface area contributed by atoms with Crippen LogP contribution in [0.4, 0.5) is 10.1 Å². The number of benzene rings is 2. The van der Waals surface area contributed by atoms with Gasteiger partial charge in [-0.25, -0.2) is 4.39 Å². The van der Waals surface area contributed by atoms with E-state index in [1.54, 1.807) is 0 Å². The molecule has 0 radical (unpaired) electrons. The van der Waals surface area contributed by atoms with Crippen LogP contribution < -0.4 is 10.6 Å². The van der Waals surface area contributed by atoms with Crippen molar-refractivity contribution in [2.75, 3.05) is 24.5 Å². The van der Waals surface area contributed by atoms with Gasteiger partial charge in [-0.2, -0.15) is 0 Å². The second-order valence-corrected chi connectivity index (χ2v) is 7.76. The van der Waals surface area contributed by atoms with Crippen molar-refractivity contribution in [2.24, 2.45) is 11.7 Å². The fraction of sp³-hybridized carbons (Fsp3) is 0.333. The van der Waals surface area contributed by atoms with Gasteiger partial charge in [0.2, 0.25) is 6.41 Å². The van der Waals surface area contributed by atoms with E-state index in [-0.39, 0.29) is 11.6 Å². The lowest BCUT2D eigenvalue weighted by molar-refractivity contribution is -0.121. The molecule has 0 bridgehead atoms. The molecule has 2 aromatic carbocycles. The van der Waals surface area contributed by atoms with Crippen LogP contribution in [0.25, 0.3) is 21.8 Å². The fourth-order valence-corrected chi connectivity index (χ4v) is 5.01. The Kier molecular flexibility index (Phi) is 3.79. The van der Waals surface area contributed by atoms with Gasteiger partial charge in [0.05, 0.1) is 22.8 Å². The maximum absolute atomic E-state index is 15.3. The molecule has 3 heterocycles. The predicted octanol–water partition coefficient (Wildman–Crippen LogP) is 2.62. The number of carbonyl (C=O) groups is 2. The highest BCUT2D eigenvalue weighted by Crippen LogP contribution is 2.41. The summed E-state index contributed by atoms with van der Waals surface area (Å²) in [5, 5.41) is 1.54. The lowest BCUT2D eigenvalue weighted by Gasteiger charge is -2.33. The van der Waals surface area contributed by atoms with Gasteiger partial charge in [0.15, 0.2) is 0 Å². The molecule has 7 heteroatoms. The molecule has 2 unspecified atom stereocenters. The summed E-state index contributed by atoms with van der Waals surface area (Å²) in [5.41, 5.74) is 7.55. The van der Waals surface area contributed by atoms with Crippen LogP contribution in [0.15, 0.2) is 30.3 Å². The molecule has 144 valence electrons. The van der Waals surface area contributed by atoms with Crippen molar-refractivity contribution < 1.29 is 14.0 Å². The molecule has 2 aliphatic heterocycles. The van der Waals surface area contributed by atoms with Gasteiger partial charge in [-0.1, -0.05) is 18.2 Å². The molecular formula is C21H21FN4O2. The summed E-state index contributed by atoms with van der Waals surface area (Å²) in [6.45, 7) is 2.03. The maximum Gasteiger partial charge on any atom is 0.250 e. The van der Waals surface area contributed by atoms with Crippen molar-refractivity contribution >= 4 is 39.8 Å². The number of primary amides is 1. The molecule has 2 fully saturated rings. The Balaban J connectivity index is 1.72. The van der Waals surface area contributed by atoms with Crippen LogP contribution >= 0.6 is 0 Å². The van der Waals surface area contributed by atoms with Crippen molar-refractivity contribution in [3.63, 3.8) is 0 Å². The highest BCUT2D eigenvalue weighted by molar-refractivity contribution is 6.19. The number of nitrogens with zero attached hydrogens (tertiary/aromatic N) is 2. The summed E-state index contributed by atoms with van der Waals surface area (Å²) in [6, 6.07) is 8.94. The van der Waals surface area contributed by atoms with Crippen LogP contribution in [0.3, 0.4) is 0 Å². The van der Waals surface area contributed by atoms with Crippen LogP contribution in [-0.2, 0) is 4.79 Å². The first-order valence-electron chi connectivity index (χ1n) is 9.57. The van der Waals surface area contributed by atoms with Gasteiger partial charge in [0, 0.05) is 35.9 Å². The number of aromatic nitrogens is 1. The van der Waals surface area contributed by atoms with E-state index >= 15 is 4.39 Å². The SMILES string of the molecule is NC(=O)c1cc(F)c(N2CC3CCCN(C=O)C3C2)c2c1[nH]c1ccccc12.